The lowest BCUT2D eigenvalue weighted by atomic mass is 10.2. The molecule has 0 aliphatic heterocycles. The molecular weight excluding hydrogens is 395 g/mol. The van der Waals surface area contributed by atoms with E-state index >= 15 is 0 Å². The van der Waals surface area contributed by atoms with Gasteiger partial charge in [0, 0.05) is 11.8 Å². The number of hydrogen-bond acceptors (Lipinski definition) is 4. The van der Waals surface area contributed by atoms with Crippen LogP contribution >= 0.6 is 15.9 Å². The molecule has 0 heterocycles. The number of rotatable bonds is 7. The fourth-order valence-electron chi connectivity index (χ4n) is 1.88. The van der Waals surface area contributed by atoms with Crippen molar-refractivity contribution in [2.45, 2.75) is 13.0 Å². The standard InChI is InChI=1S/C17H16BrFN2O4/c1-10(25-15-6-5-11(19)7-14(15)18)17(23)21-12-3-2-4-13(8-12)24-9-16(20)22/h2-8,10H,9H2,1H3,(H2,20,22)(H,21,23). The van der Waals surface area contributed by atoms with Crippen molar-refractivity contribution in [3.63, 3.8) is 0 Å². The molecule has 3 N–H and O–H groups in total. The van der Waals surface area contributed by atoms with E-state index in [2.05, 4.69) is 21.2 Å². The number of benzene rings is 2. The Hall–Kier alpha value is -2.61. The third-order valence-corrected chi connectivity index (χ3v) is 3.67. The van der Waals surface area contributed by atoms with Crippen LogP contribution in [0.25, 0.3) is 0 Å². The van der Waals surface area contributed by atoms with Gasteiger partial charge in [-0.3, -0.25) is 9.59 Å². The second-order valence-corrected chi connectivity index (χ2v) is 5.96. The first kappa shape index (κ1) is 18.7. The molecule has 6 nitrogen and oxygen atoms in total. The summed E-state index contributed by atoms with van der Waals surface area (Å²) in [5.74, 6) is -0.664. The van der Waals surface area contributed by atoms with Crippen LogP contribution in [0.3, 0.4) is 0 Å². The highest BCUT2D eigenvalue weighted by Gasteiger charge is 2.16. The summed E-state index contributed by atoms with van der Waals surface area (Å²) >= 11 is 3.18. The monoisotopic (exact) mass is 410 g/mol. The fraction of sp³-hybridized carbons (Fsp3) is 0.176. The maximum Gasteiger partial charge on any atom is 0.265 e. The zero-order valence-corrected chi connectivity index (χ0v) is 14.9. The van der Waals surface area contributed by atoms with Gasteiger partial charge in [-0.25, -0.2) is 4.39 Å². The minimum absolute atomic E-state index is 0.254. The van der Waals surface area contributed by atoms with Crippen molar-refractivity contribution in [1.29, 1.82) is 0 Å². The summed E-state index contributed by atoms with van der Waals surface area (Å²) < 4.78 is 24.2. The van der Waals surface area contributed by atoms with Gasteiger partial charge < -0.3 is 20.5 Å². The number of ether oxygens (including phenoxy) is 2. The van der Waals surface area contributed by atoms with Gasteiger partial charge in [-0.15, -0.1) is 0 Å². The number of carbonyl (C=O) groups is 2. The highest BCUT2D eigenvalue weighted by Crippen LogP contribution is 2.26. The SMILES string of the molecule is CC(Oc1ccc(F)cc1Br)C(=O)Nc1cccc(OCC(N)=O)c1. The van der Waals surface area contributed by atoms with E-state index in [0.29, 0.717) is 21.7 Å². The van der Waals surface area contributed by atoms with E-state index in [1.54, 1.807) is 31.2 Å². The van der Waals surface area contributed by atoms with Gasteiger partial charge in [0.25, 0.3) is 11.8 Å². The van der Waals surface area contributed by atoms with Crippen LogP contribution in [0.2, 0.25) is 0 Å². The van der Waals surface area contributed by atoms with Gasteiger partial charge in [-0.1, -0.05) is 6.07 Å². The molecule has 2 aromatic rings. The number of carbonyl (C=O) groups excluding carboxylic acids is 2. The highest BCUT2D eigenvalue weighted by atomic mass is 79.9. The molecule has 0 spiro atoms. The predicted molar refractivity (Wildman–Crippen MR) is 94.0 cm³/mol. The van der Waals surface area contributed by atoms with Crippen molar-refractivity contribution in [1.82, 2.24) is 0 Å². The van der Waals surface area contributed by atoms with Crippen LogP contribution in [0.4, 0.5) is 10.1 Å². The van der Waals surface area contributed by atoms with E-state index in [-0.39, 0.29) is 6.61 Å². The molecule has 132 valence electrons. The first-order chi connectivity index (χ1) is 11.8. The van der Waals surface area contributed by atoms with E-state index in [0.717, 1.165) is 0 Å². The molecule has 0 radical (unpaired) electrons. The number of amides is 2. The van der Waals surface area contributed by atoms with Crippen LogP contribution in [0.5, 0.6) is 11.5 Å². The van der Waals surface area contributed by atoms with E-state index in [9.17, 15) is 14.0 Å². The summed E-state index contributed by atoms with van der Waals surface area (Å²) in [5, 5.41) is 2.67. The molecule has 0 fully saturated rings. The minimum Gasteiger partial charge on any atom is -0.484 e. The predicted octanol–water partition coefficient (Wildman–Crippen LogP) is 2.86. The van der Waals surface area contributed by atoms with E-state index in [4.69, 9.17) is 15.2 Å². The van der Waals surface area contributed by atoms with Gasteiger partial charge in [-0.05, 0) is 53.2 Å². The highest BCUT2D eigenvalue weighted by molar-refractivity contribution is 9.10. The number of nitrogens with one attached hydrogen (secondary N) is 1. The maximum absolute atomic E-state index is 13.1. The van der Waals surface area contributed by atoms with Crippen LogP contribution in [0.15, 0.2) is 46.9 Å². The summed E-state index contributed by atoms with van der Waals surface area (Å²) in [6.45, 7) is 1.31. The van der Waals surface area contributed by atoms with E-state index < -0.39 is 23.7 Å². The average molecular weight is 411 g/mol. The summed E-state index contributed by atoms with van der Waals surface area (Å²) in [6.07, 6.45) is -0.822. The van der Waals surface area contributed by atoms with Crippen molar-refractivity contribution in [3.05, 3.63) is 52.8 Å². The Morgan fingerprint density at radius 3 is 2.72 bits per heavy atom. The summed E-state index contributed by atoms with van der Waals surface area (Å²) in [4.78, 5) is 23.0. The molecular formula is C17H16BrFN2O4. The van der Waals surface area contributed by atoms with Crippen molar-refractivity contribution >= 4 is 33.4 Å². The average Bonchev–Trinajstić information content (AvgIpc) is 2.55. The third kappa shape index (κ3) is 5.75. The first-order valence-corrected chi connectivity index (χ1v) is 8.08. The number of nitrogens with two attached hydrogens (primary N) is 1. The number of hydrogen-bond donors (Lipinski definition) is 2. The topological polar surface area (TPSA) is 90.7 Å². The Morgan fingerprint density at radius 1 is 1.28 bits per heavy atom. The molecule has 2 amide bonds. The molecule has 1 unspecified atom stereocenters. The second kappa shape index (κ2) is 8.48. The summed E-state index contributed by atoms with van der Waals surface area (Å²) in [7, 11) is 0. The molecule has 0 aromatic heterocycles. The number of primary amides is 1. The van der Waals surface area contributed by atoms with Crippen molar-refractivity contribution in [3.8, 4) is 11.5 Å². The van der Waals surface area contributed by atoms with Gasteiger partial charge >= 0.3 is 0 Å². The van der Waals surface area contributed by atoms with Crippen molar-refractivity contribution in [2.75, 3.05) is 11.9 Å². The maximum atomic E-state index is 13.1. The fourth-order valence-corrected chi connectivity index (χ4v) is 2.32. The van der Waals surface area contributed by atoms with Crippen molar-refractivity contribution in [2.24, 2.45) is 5.73 Å². The van der Waals surface area contributed by atoms with Gasteiger partial charge in [0.2, 0.25) is 0 Å². The number of halogens is 2. The Kier molecular flexibility index (Phi) is 6.35. The van der Waals surface area contributed by atoms with Gasteiger partial charge in [0.1, 0.15) is 17.3 Å². The van der Waals surface area contributed by atoms with Crippen molar-refractivity contribution < 1.29 is 23.5 Å². The molecule has 0 aliphatic carbocycles. The summed E-state index contributed by atoms with van der Waals surface area (Å²) in [6, 6.07) is 10.4. The Balaban J connectivity index is 1.98. The van der Waals surface area contributed by atoms with Gasteiger partial charge in [-0.2, -0.15) is 0 Å². The Labute approximate surface area is 152 Å². The van der Waals surface area contributed by atoms with E-state index in [1.165, 1.54) is 18.2 Å². The molecule has 1 atom stereocenters. The zero-order chi connectivity index (χ0) is 18.4. The van der Waals surface area contributed by atoms with Crippen LogP contribution in [0, 0.1) is 5.82 Å². The quantitative estimate of drug-likeness (QED) is 0.733. The van der Waals surface area contributed by atoms with Crippen LogP contribution in [-0.2, 0) is 9.59 Å². The lowest BCUT2D eigenvalue weighted by molar-refractivity contribution is -0.122. The molecule has 0 bridgehead atoms. The normalized spacial score (nSPS) is 11.5. The van der Waals surface area contributed by atoms with Crippen LogP contribution in [-0.4, -0.2) is 24.5 Å². The largest absolute Gasteiger partial charge is 0.484 e. The molecule has 25 heavy (non-hydrogen) atoms. The van der Waals surface area contributed by atoms with Crippen LogP contribution in [0.1, 0.15) is 6.92 Å². The number of anilines is 1. The third-order valence-electron chi connectivity index (χ3n) is 3.05. The lowest BCUT2D eigenvalue weighted by Gasteiger charge is -2.16. The molecule has 2 rings (SSSR count). The molecule has 0 saturated heterocycles. The van der Waals surface area contributed by atoms with E-state index in [1.807, 2.05) is 0 Å². The van der Waals surface area contributed by atoms with Gasteiger partial charge in [0.05, 0.1) is 4.47 Å². The summed E-state index contributed by atoms with van der Waals surface area (Å²) in [5.41, 5.74) is 5.49. The Bertz CT molecular complexity index is 785. The molecule has 2 aromatic carbocycles. The second-order valence-electron chi connectivity index (χ2n) is 5.11. The zero-order valence-electron chi connectivity index (χ0n) is 13.3. The Morgan fingerprint density at radius 2 is 2.04 bits per heavy atom. The molecule has 0 aliphatic rings. The smallest absolute Gasteiger partial charge is 0.265 e. The lowest BCUT2D eigenvalue weighted by Crippen LogP contribution is -2.30. The molecule has 0 saturated carbocycles. The van der Waals surface area contributed by atoms with Gasteiger partial charge in [0.15, 0.2) is 12.7 Å². The molecule has 8 heteroatoms. The van der Waals surface area contributed by atoms with Crippen LogP contribution < -0.4 is 20.5 Å². The minimum atomic E-state index is -0.822. The first-order valence-electron chi connectivity index (χ1n) is 7.29.